The predicted octanol–water partition coefficient (Wildman–Crippen LogP) is 8.22. The van der Waals surface area contributed by atoms with Gasteiger partial charge in [-0.1, -0.05) is 72.3 Å². The molecule has 0 spiro atoms. The van der Waals surface area contributed by atoms with Crippen LogP contribution < -0.4 is 4.74 Å². The molecule has 0 amide bonds. The summed E-state index contributed by atoms with van der Waals surface area (Å²) >= 11 is 0. The molecule has 1 aliphatic rings. The average molecular weight is 401 g/mol. The maximum Gasteiger partial charge on any atom is 0.131 e. The van der Waals surface area contributed by atoms with E-state index < -0.39 is 0 Å². The van der Waals surface area contributed by atoms with Gasteiger partial charge in [-0.3, -0.25) is 0 Å². The van der Waals surface area contributed by atoms with Crippen molar-refractivity contribution in [3.63, 3.8) is 0 Å². The van der Waals surface area contributed by atoms with E-state index in [0.717, 1.165) is 46.6 Å². The first-order valence-electron chi connectivity index (χ1n) is 11.8. The normalized spacial score (nSPS) is 20.4. The summed E-state index contributed by atoms with van der Waals surface area (Å²) in [5.74, 6) is 3.78. The van der Waals surface area contributed by atoms with E-state index in [1.54, 1.807) is 0 Å². The Morgan fingerprint density at radius 2 is 1.55 bits per heavy atom. The highest BCUT2D eigenvalue weighted by Crippen LogP contribution is 2.41. The van der Waals surface area contributed by atoms with Crippen LogP contribution in [0.15, 0.2) is 12.1 Å². The molecule has 29 heavy (non-hydrogen) atoms. The Bertz CT molecular complexity index is 688. The van der Waals surface area contributed by atoms with Gasteiger partial charge in [0.1, 0.15) is 17.1 Å². The molecule has 3 atom stereocenters. The topological polar surface area (TPSA) is 29.5 Å². The van der Waals surface area contributed by atoms with Crippen LogP contribution in [0.3, 0.4) is 0 Å². The second kappa shape index (κ2) is 10.5. The monoisotopic (exact) mass is 400 g/mol. The summed E-state index contributed by atoms with van der Waals surface area (Å²) < 4.78 is 6.43. The van der Waals surface area contributed by atoms with Crippen LogP contribution >= 0.6 is 0 Å². The molecule has 0 saturated carbocycles. The van der Waals surface area contributed by atoms with Crippen LogP contribution in [0.1, 0.15) is 103 Å². The average Bonchev–Trinajstić information content (AvgIpc) is 2.64. The highest BCUT2D eigenvalue weighted by molar-refractivity contribution is 5.69. The molecule has 2 heteroatoms. The number of ether oxygens (including phenoxy) is 1. The minimum absolute atomic E-state index is 0.244. The van der Waals surface area contributed by atoms with E-state index in [0.29, 0.717) is 5.75 Å². The molecule has 0 fully saturated rings. The zero-order valence-electron chi connectivity index (χ0n) is 20.0. The van der Waals surface area contributed by atoms with Crippen LogP contribution in [0.4, 0.5) is 0 Å². The fourth-order valence-corrected chi connectivity index (χ4v) is 4.42. The van der Waals surface area contributed by atoms with Crippen LogP contribution in [0.5, 0.6) is 11.5 Å². The van der Waals surface area contributed by atoms with E-state index in [-0.39, 0.29) is 5.60 Å². The van der Waals surface area contributed by atoms with Crippen LogP contribution in [-0.2, 0) is 0 Å². The molecule has 1 N–H and O–H groups in total. The number of phenolic OH excluding ortho intramolecular Hbond substituents is 1. The van der Waals surface area contributed by atoms with Crippen LogP contribution in [-0.4, -0.2) is 10.7 Å². The maximum absolute atomic E-state index is 10.1. The van der Waals surface area contributed by atoms with Crippen molar-refractivity contribution in [2.75, 3.05) is 0 Å². The summed E-state index contributed by atoms with van der Waals surface area (Å²) in [6, 6.07) is 1.82. The maximum atomic E-state index is 10.1. The Hall–Kier alpha value is -1.44. The molecule has 0 saturated heterocycles. The van der Waals surface area contributed by atoms with Gasteiger partial charge in [0, 0.05) is 11.1 Å². The predicted molar refractivity (Wildman–Crippen MR) is 126 cm³/mol. The number of aromatic hydroxyl groups is 1. The van der Waals surface area contributed by atoms with Crippen molar-refractivity contribution >= 4 is 6.08 Å². The van der Waals surface area contributed by atoms with Gasteiger partial charge in [0.05, 0.1) is 0 Å². The van der Waals surface area contributed by atoms with Crippen molar-refractivity contribution in [3.05, 3.63) is 28.8 Å². The zero-order valence-corrected chi connectivity index (χ0v) is 20.0. The number of benzene rings is 1. The molecule has 2 nitrogen and oxygen atoms in total. The Labute approximate surface area is 179 Å². The van der Waals surface area contributed by atoms with Crippen LogP contribution in [0.25, 0.3) is 6.08 Å². The summed E-state index contributed by atoms with van der Waals surface area (Å²) in [4.78, 5) is 0. The van der Waals surface area contributed by atoms with Crippen molar-refractivity contribution < 1.29 is 9.84 Å². The molecule has 2 rings (SSSR count). The lowest BCUT2D eigenvalue weighted by Gasteiger charge is -2.33. The van der Waals surface area contributed by atoms with Gasteiger partial charge in [-0.05, 0) is 69.1 Å². The molecule has 1 aromatic rings. The van der Waals surface area contributed by atoms with E-state index in [2.05, 4.69) is 46.8 Å². The third kappa shape index (κ3) is 7.08. The van der Waals surface area contributed by atoms with Crippen molar-refractivity contribution in [2.24, 2.45) is 17.8 Å². The highest BCUT2D eigenvalue weighted by Gasteiger charge is 2.29. The molecule has 1 aliphatic heterocycles. The van der Waals surface area contributed by atoms with Crippen LogP contribution in [0, 0.1) is 31.6 Å². The molecule has 3 unspecified atom stereocenters. The lowest BCUT2D eigenvalue weighted by Crippen LogP contribution is -2.32. The zero-order chi connectivity index (χ0) is 21.6. The minimum atomic E-state index is -0.244. The van der Waals surface area contributed by atoms with Gasteiger partial charge in [-0.25, -0.2) is 0 Å². The van der Waals surface area contributed by atoms with Crippen LogP contribution in [0.2, 0.25) is 0 Å². The lowest BCUT2D eigenvalue weighted by atomic mass is 9.88. The second-order valence-corrected chi connectivity index (χ2v) is 10.3. The first-order valence-corrected chi connectivity index (χ1v) is 11.8. The van der Waals surface area contributed by atoms with Crippen molar-refractivity contribution in [3.8, 4) is 11.5 Å². The summed E-state index contributed by atoms with van der Waals surface area (Å²) in [5, 5.41) is 10.1. The Kier molecular flexibility index (Phi) is 8.67. The van der Waals surface area contributed by atoms with Gasteiger partial charge in [0.2, 0.25) is 0 Å². The van der Waals surface area contributed by atoms with E-state index in [4.69, 9.17) is 4.74 Å². The molecule has 0 aliphatic carbocycles. The Morgan fingerprint density at radius 3 is 2.21 bits per heavy atom. The quantitative estimate of drug-likeness (QED) is 0.405. The van der Waals surface area contributed by atoms with Gasteiger partial charge in [0.15, 0.2) is 0 Å². The van der Waals surface area contributed by atoms with Crippen molar-refractivity contribution in [2.45, 2.75) is 105 Å². The molecule has 0 radical (unpaired) electrons. The lowest BCUT2D eigenvalue weighted by molar-refractivity contribution is 0.121. The number of phenols is 1. The Balaban J connectivity index is 1.75. The SMILES string of the molecule is Cc1cc(O)c(C)c2c1OC(C)(CCCC(C)CCCC(C)CCC(C)C)C=C2. The van der Waals surface area contributed by atoms with E-state index in [1.165, 1.54) is 44.9 Å². The van der Waals surface area contributed by atoms with Gasteiger partial charge >= 0.3 is 0 Å². The van der Waals surface area contributed by atoms with E-state index in [9.17, 15) is 5.11 Å². The Morgan fingerprint density at radius 1 is 0.931 bits per heavy atom. The second-order valence-electron chi connectivity index (χ2n) is 10.3. The number of rotatable bonds is 11. The number of aryl methyl sites for hydroxylation is 1. The number of fused-ring (bicyclic) bond motifs is 1. The highest BCUT2D eigenvalue weighted by atomic mass is 16.5. The molecular formula is C27H44O2. The third-order valence-corrected chi connectivity index (χ3v) is 6.68. The van der Waals surface area contributed by atoms with E-state index >= 15 is 0 Å². The summed E-state index contributed by atoms with van der Waals surface area (Å²) in [5.41, 5.74) is 2.70. The van der Waals surface area contributed by atoms with Gasteiger partial charge < -0.3 is 9.84 Å². The molecule has 0 aromatic heterocycles. The minimum Gasteiger partial charge on any atom is -0.508 e. The first-order chi connectivity index (χ1) is 13.6. The molecule has 1 heterocycles. The van der Waals surface area contributed by atoms with E-state index in [1.807, 2.05) is 19.9 Å². The summed E-state index contributed by atoms with van der Waals surface area (Å²) in [6.07, 6.45) is 14.7. The summed E-state index contributed by atoms with van der Waals surface area (Å²) in [6.45, 7) is 15.6. The molecule has 164 valence electrons. The fourth-order valence-electron chi connectivity index (χ4n) is 4.42. The first kappa shape index (κ1) is 23.8. The standard InChI is InChI=1S/C27H44O2/c1-19(2)13-14-21(4)11-8-10-20(3)12-9-16-27(7)17-15-24-23(6)25(28)18-22(5)26(24)29-27/h15,17-21,28H,8-14,16H2,1-7H3. The van der Waals surface area contributed by atoms with Crippen molar-refractivity contribution in [1.29, 1.82) is 0 Å². The number of hydrogen-bond donors (Lipinski definition) is 1. The van der Waals surface area contributed by atoms with Gasteiger partial charge in [-0.2, -0.15) is 0 Å². The smallest absolute Gasteiger partial charge is 0.131 e. The third-order valence-electron chi connectivity index (χ3n) is 6.68. The molecular weight excluding hydrogens is 356 g/mol. The van der Waals surface area contributed by atoms with Gasteiger partial charge in [0.25, 0.3) is 0 Å². The number of hydrogen-bond acceptors (Lipinski definition) is 2. The summed E-state index contributed by atoms with van der Waals surface area (Å²) in [7, 11) is 0. The fraction of sp³-hybridized carbons (Fsp3) is 0.704. The van der Waals surface area contributed by atoms with Crippen molar-refractivity contribution in [1.82, 2.24) is 0 Å². The largest absolute Gasteiger partial charge is 0.508 e. The molecule has 1 aromatic carbocycles. The van der Waals surface area contributed by atoms with Gasteiger partial charge in [-0.15, -0.1) is 0 Å². The molecule has 0 bridgehead atoms.